The molecule has 1 N–H and O–H groups in total. The molecule has 0 aliphatic heterocycles. The van der Waals surface area contributed by atoms with Gasteiger partial charge in [-0.3, -0.25) is 4.79 Å². The number of rotatable bonds is 9. The first-order valence-corrected chi connectivity index (χ1v) is 9.08. The van der Waals surface area contributed by atoms with Crippen molar-refractivity contribution in [3.63, 3.8) is 0 Å². The number of nitrogens with zero attached hydrogens (tertiary/aromatic N) is 2. The first-order valence-electron chi connectivity index (χ1n) is 9.08. The Morgan fingerprint density at radius 1 is 0.880 bits per heavy atom. The maximum atomic E-state index is 12.5. The number of nitrogens with one attached hydrogen (secondary N) is 1. The van der Waals surface area contributed by atoms with E-state index < -0.39 is 0 Å². The van der Waals surface area contributed by atoms with E-state index in [1.54, 1.807) is 0 Å². The summed E-state index contributed by atoms with van der Waals surface area (Å²) in [6.45, 7) is 9.97. The Labute approximate surface area is 151 Å². The molecule has 2 rings (SSSR count). The quantitative estimate of drug-likeness (QED) is 0.750. The van der Waals surface area contributed by atoms with Crippen LogP contribution < -0.4 is 10.2 Å². The Bertz CT molecular complexity index is 636. The van der Waals surface area contributed by atoms with E-state index >= 15 is 0 Å². The largest absolute Gasteiger partial charge is 0.376 e. The van der Waals surface area contributed by atoms with Crippen molar-refractivity contribution >= 4 is 17.3 Å². The highest BCUT2D eigenvalue weighted by Gasteiger charge is 2.12. The first kappa shape index (κ1) is 18.8. The number of likely N-dealkylation sites (N-methyl/N-ethyl adjacent to an activating group) is 1. The van der Waals surface area contributed by atoms with Crippen LogP contribution in [0.2, 0.25) is 0 Å². The van der Waals surface area contributed by atoms with Crippen LogP contribution in [0.3, 0.4) is 0 Å². The van der Waals surface area contributed by atoms with Crippen LogP contribution in [0.15, 0.2) is 54.6 Å². The van der Waals surface area contributed by atoms with Gasteiger partial charge in [-0.15, -0.1) is 0 Å². The minimum Gasteiger partial charge on any atom is -0.376 e. The standard InChI is InChI=1S/C21H29N3O/c1-4-23(5-2)20-14-12-19(13-15-20)22-16-21(25)24(6-3)17-18-10-8-7-9-11-18/h7-15,22H,4-6,16-17H2,1-3H3. The number of carbonyl (C=O) groups is 1. The molecule has 0 radical (unpaired) electrons. The van der Waals surface area contributed by atoms with Crippen LogP contribution in [0.4, 0.5) is 11.4 Å². The molecule has 2 aromatic carbocycles. The van der Waals surface area contributed by atoms with E-state index in [4.69, 9.17) is 0 Å². The van der Waals surface area contributed by atoms with Crippen LogP contribution in [0.5, 0.6) is 0 Å². The van der Waals surface area contributed by atoms with Crippen LogP contribution >= 0.6 is 0 Å². The third kappa shape index (κ3) is 5.52. The molecule has 134 valence electrons. The summed E-state index contributed by atoms with van der Waals surface area (Å²) >= 11 is 0. The van der Waals surface area contributed by atoms with Gasteiger partial charge in [0.2, 0.25) is 5.91 Å². The molecule has 25 heavy (non-hydrogen) atoms. The van der Waals surface area contributed by atoms with E-state index in [0.717, 1.165) is 24.3 Å². The zero-order chi connectivity index (χ0) is 18.1. The molecule has 0 unspecified atom stereocenters. The maximum absolute atomic E-state index is 12.5. The first-order chi connectivity index (χ1) is 12.2. The smallest absolute Gasteiger partial charge is 0.242 e. The van der Waals surface area contributed by atoms with Crippen LogP contribution in [-0.2, 0) is 11.3 Å². The molecule has 4 nitrogen and oxygen atoms in total. The van der Waals surface area contributed by atoms with Gasteiger partial charge in [0.1, 0.15) is 0 Å². The summed E-state index contributed by atoms with van der Waals surface area (Å²) in [6, 6.07) is 18.4. The van der Waals surface area contributed by atoms with Crippen LogP contribution in [0, 0.1) is 0 Å². The van der Waals surface area contributed by atoms with Crippen molar-refractivity contribution in [2.45, 2.75) is 27.3 Å². The fourth-order valence-electron chi connectivity index (χ4n) is 2.85. The topological polar surface area (TPSA) is 35.6 Å². The predicted octanol–water partition coefficient (Wildman–Crippen LogP) is 3.99. The van der Waals surface area contributed by atoms with Gasteiger partial charge in [-0.1, -0.05) is 30.3 Å². The van der Waals surface area contributed by atoms with E-state index in [-0.39, 0.29) is 5.91 Å². The highest BCUT2D eigenvalue weighted by Crippen LogP contribution is 2.17. The van der Waals surface area contributed by atoms with Gasteiger partial charge in [0, 0.05) is 37.6 Å². The second-order valence-corrected chi connectivity index (χ2v) is 5.97. The molecule has 0 aromatic heterocycles. The summed E-state index contributed by atoms with van der Waals surface area (Å²) in [6.07, 6.45) is 0. The molecule has 0 saturated carbocycles. The zero-order valence-electron chi connectivity index (χ0n) is 15.5. The summed E-state index contributed by atoms with van der Waals surface area (Å²) in [5, 5.41) is 3.24. The average Bonchev–Trinajstić information content (AvgIpc) is 2.67. The fraction of sp³-hybridized carbons (Fsp3) is 0.381. The molecule has 2 aromatic rings. The third-order valence-electron chi connectivity index (χ3n) is 4.39. The number of benzene rings is 2. The lowest BCUT2D eigenvalue weighted by molar-refractivity contribution is -0.129. The Balaban J connectivity index is 1.89. The van der Waals surface area contributed by atoms with Gasteiger partial charge in [0.05, 0.1) is 6.54 Å². The molecule has 0 heterocycles. The van der Waals surface area contributed by atoms with Crippen LogP contribution in [0.25, 0.3) is 0 Å². The lowest BCUT2D eigenvalue weighted by Gasteiger charge is -2.22. The zero-order valence-corrected chi connectivity index (χ0v) is 15.5. The minimum atomic E-state index is 0.110. The van der Waals surface area contributed by atoms with Gasteiger partial charge >= 0.3 is 0 Å². The summed E-state index contributed by atoms with van der Waals surface area (Å²) in [4.78, 5) is 16.6. The van der Waals surface area contributed by atoms with Crippen molar-refractivity contribution in [2.75, 3.05) is 36.4 Å². The molecule has 0 aliphatic rings. The van der Waals surface area contributed by atoms with Crippen molar-refractivity contribution in [1.82, 2.24) is 4.90 Å². The van der Waals surface area contributed by atoms with Crippen molar-refractivity contribution < 1.29 is 4.79 Å². The molecule has 0 saturated heterocycles. The number of carbonyl (C=O) groups excluding carboxylic acids is 1. The fourth-order valence-corrected chi connectivity index (χ4v) is 2.85. The maximum Gasteiger partial charge on any atom is 0.242 e. The molecule has 0 aliphatic carbocycles. The van der Waals surface area contributed by atoms with Gasteiger partial charge in [0.25, 0.3) is 0 Å². The third-order valence-corrected chi connectivity index (χ3v) is 4.39. The SMILES string of the molecule is CCN(Cc1ccccc1)C(=O)CNc1ccc(N(CC)CC)cc1. The molecule has 1 amide bonds. The molecule has 0 fully saturated rings. The van der Waals surface area contributed by atoms with Crippen molar-refractivity contribution in [3.8, 4) is 0 Å². The van der Waals surface area contributed by atoms with E-state index in [1.807, 2.05) is 42.2 Å². The molecular weight excluding hydrogens is 310 g/mol. The van der Waals surface area contributed by atoms with Crippen LogP contribution in [0.1, 0.15) is 26.3 Å². The number of anilines is 2. The Kier molecular flexibility index (Phi) is 7.33. The predicted molar refractivity (Wildman–Crippen MR) is 106 cm³/mol. The molecule has 4 heteroatoms. The molecule has 0 bridgehead atoms. The summed E-state index contributed by atoms with van der Waals surface area (Å²) in [5.74, 6) is 0.110. The highest BCUT2D eigenvalue weighted by atomic mass is 16.2. The minimum absolute atomic E-state index is 0.110. The average molecular weight is 339 g/mol. The van der Waals surface area contributed by atoms with Gasteiger partial charge < -0.3 is 15.1 Å². The normalized spacial score (nSPS) is 10.4. The Morgan fingerprint density at radius 2 is 1.52 bits per heavy atom. The van der Waals surface area contributed by atoms with Crippen molar-refractivity contribution in [3.05, 3.63) is 60.2 Å². The lowest BCUT2D eigenvalue weighted by Crippen LogP contribution is -2.34. The molecule has 0 atom stereocenters. The van der Waals surface area contributed by atoms with Gasteiger partial charge in [-0.2, -0.15) is 0 Å². The van der Waals surface area contributed by atoms with E-state index in [9.17, 15) is 4.79 Å². The molecular formula is C21H29N3O. The Hall–Kier alpha value is -2.49. The summed E-state index contributed by atoms with van der Waals surface area (Å²) in [5.41, 5.74) is 3.34. The number of amides is 1. The van der Waals surface area contributed by atoms with E-state index in [1.165, 1.54) is 5.69 Å². The lowest BCUT2D eigenvalue weighted by atomic mass is 10.2. The number of hydrogen-bond acceptors (Lipinski definition) is 3. The monoisotopic (exact) mass is 339 g/mol. The second kappa shape index (κ2) is 9.72. The van der Waals surface area contributed by atoms with Gasteiger partial charge in [-0.25, -0.2) is 0 Å². The Morgan fingerprint density at radius 3 is 2.08 bits per heavy atom. The van der Waals surface area contributed by atoms with Crippen LogP contribution in [-0.4, -0.2) is 37.0 Å². The summed E-state index contributed by atoms with van der Waals surface area (Å²) in [7, 11) is 0. The second-order valence-electron chi connectivity index (χ2n) is 5.97. The van der Waals surface area contributed by atoms with Crippen molar-refractivity contribution in [1.29, 1.82) is 0 Å². The van der Waals surface area contributed by atoms with Crippen molar-refractivity contribution in [2.24, 2.45) is 0 Å². The highest BCUT2D eigenvalue weighted by molar-refractivity contribution is 5.81. The van der Waals surface area contributed by atoms with E-state index in [2.05, 4.69) is 48.3 Å². The van der Waals surface area contributed by atoms with Gasteiger partial charge in [-0.05, 0) is 50.6 Å². The summed E-state index contributed by atoms with van der Waals surface area (Å²) < 4.78 is 0. The van der Waals surface area contributed by atoms with Gasteiger partial charge in [0.15, 0.2) is 0 Å². The molecule has 0 spiro atoms. The number of hydrogen-bond donors (Lipinski definition) is 1. The van der Waals surface area contributed by atoms with E-state index in [0.29, 0.717) is 19.6 Å².